The average Bonchev–Trinajstić information content (AvgIpc) is 2.57. The van der Waals surface area contributed by atoms with Gasteiger partial charge in [0.1, 0.15) is 0 Å². The molecule has 3 rings (SSSR count). The zero-order valence-corrected chi connectivity index (χ0v) is 13.1. The number of carbonyl (C=O) groups excluding carboxylic acids is 2. The van der Waals surface area contributed by atoms with Crippen LogP contribution >= 0.6 is 11.6 Å². The van der Waals surface area contributed by atoms with Crippen LogP contribution in [0.15, 0.2) is 48.8 Å². The molecule has 2 aromatic rings. The van der Waals surface area contributed by atoms with Crippen molar-refractivity contribution in [3.8, 4) is 0 Å². The molecule has 2 amide bonds. The van der Waals surface area contributed by atoms with Crippen LogP contribution in [-0.2, 0) is 4.79 Å². The van der Waals surface area contributed by atoms with E-state index in [4.69, 9.17) is 11.6 Å². The second-order valence-electron chi connectivity index (χ2n) is 5.43. The van der Waals surface area contributed by atoms with Gasteiger partial charge in [0.25, 0.3) is 5.91 Å². The summed E-state index contributed by atoms with van der Waals surface area (Å²) in [5, 5.41) is 6.24. The molecular formula is C17H16ClN3O2. The number of piperidine rings is 1. The molecule has 2 N–H and O–H groups in total. The van der Waals surface area contributed by atoms with E-state index < -0.39 is 0 Å². The highest BCUT2D eigenvalue weighted by atomic mass is 35.5. The Morgan fingerprint density at radius 1 is 1.26 bits per heavy atom. The Morgan fingerprint density at radius 3 is 2.78 bits per heavy atom. The van der Waals surface area contributed by atoms with Crippen LogP contribution < -0.4 is 10.6 Å². The van der Waals surface area contributed by atoms with Gasteiger partial charge in [-0.15, -0.1) is 0 Å². The number of hydrogen-bond donors (Lipinski definition) is 2. The number of nitrogens with zero attached hydrogens (tertiary/aromatic N) is 1. The largest absolute Gasteiger partial charge is 0.347 e. The summed E-state index contributed by atoms with van der Waals surface area (Å²) in [6, 6.07) is 10.8. The zero-order valence-electron chi connectivity index (χ0n) is 12.3. The van der Waals surface area contributed by atoms with E-state index in [0.29, 0.717) is 23.4 Å². The molecule has 0 unspecified atom stereocenters. The van der Waals surface area contributed by atoms with Crippen LogP contribution in [0.1, 0.15) is 34.8 Å². The molecule has 0 bridgehead atoms. The predicted molar refractivity (Wildman–Crippen MR) is 87.1 cm³/mol. The van der Waals surface area contributed by atoms with Crippen molar-refractivity contribution in [1.82, 2.24) is 15.6 Å². The van der Waals surface area contributed by atoms with Gasteiger partial charge in [-0.25, -0.2) is 0 Å². The number of hydrogen-bond acceptors (Lipinski definition) is 3. The molecule has 1 fully saturated rings. The van der Waals surface area contributed by atoms with Crippen LogP contribution in [0.5, 0.6) is 0 Å². The highest BCUT2D eigenvalue weighted by molar-refractivity contribution is 6.33. The van der Waals surface area contributed by atoms with Crippen molar-refractivity contribution < 1.29 is 9.59 Å². The maximum Gasteiger partial charge on any atom is 0.253 e. The summed E-state index contributed by atoms with van der Waals surface area (Å²) in [4.78, 5) is 28.1. The third-order valence-electron chi connectivity index (χ3n) is 3.89. The maximum absolute atomic E-state index is 12.5. The van der Waals surface area contributed by atoms with E-state index in [1.165, 1.54) is 12.4 Å². The lowest BCUT2D eigenvalue weighted by molar-refractivity contribution is -0.123. The van der Waals surface area contributed by atoms with Crippen molar-refractivity contribution in [2.75, 3.05) is 0 Å². The Bertz CT molecular complexity index is 721. The lowest BCUT2D eigenvalue weighted by Gasteiger charge is -2.33. The number of halogens is 1. The summed E-state index contributed by atoms with van der Waals surface area (Å²) >= 11 is 6.02. The van der Waals surface area contributed by atoms with Gasteiger partial charge in [0.15, 0.2) is 0 Å². The molecule has 2 heterocycles. The molecule has 1 aliphatic heterocycles. The lowest BCUT2D eigenvalue weighted by Crippen LogP contribution is -2.50. The minimum Gasteiger partial charge on any atom is -0.347 e. The molecule has 1 aromatic carbocycles. The fourth-order valence-electron chi connectivity index (χ4n) is 2.74. The molecule has 6 heteroatoms. The van der Waals surface area contributed by atoms with E-state index in [-0.39, 0.29) is 23.9 Å². The van der Waals surface area contributed by atoms with Crippen LogP contribution in [0.2, 0.25) is 5.02 Å². The first-order valence-corrected chi connectivity index (χ1v) is 7.77. The Labute approximate surface area is 139 Å². The van der Waals surface area contributed by atoms with E-state index in [9.17, 15) is 9.59 Å². The number of rotatable bonds is 3. The minimum atomic E-state index is -0.264. The van der Waals surface area contributed by atoms with Crippen LogP contribution in [0, 0.1) is 0 Å². The Balaban J connectivity index is 1.81. The highest BCUT2D eigenvalue weighted by Gasteiger charge is 2.31. The van der Waals surface area contributed by atoms with E-state index in [1.807, 2.05) is 30.3 Å². The molecule has 1 saturated heterocycles. The predicted octanol–water partition coefficient (Wildman–Crippen LogP) is 2.48. The number of benzene rings is 1. The van der Waals surface area contributed by atoms with Gasteiger partial charge in [-0.05, 0) is 18.1 Å². The minimum absolute atomic E-state index is 0.00806. The fourth-order valence-corrected chi connectivity index (χ4v) is 2.94. The summed E-state index contributed by atoms with van der Waals surface area (Å²) in [6.45, 7) is 0. The second kappa shape index (κ2) is 6.79. The van der Waals surface area contributed by atoms with Crippen molar-refractivity contribution in [1.29, 1.82) is 0 Å². The number of aromatic nitrogens is 1. The molecule has 5 nitrogen and oxygen atoms in total. The summed E-state index contributed by atoms with van der Waals surface area (Å²) < 4.78 is 0. The zero-order chi connectivity index (χ0) is 16.2. The van der Waals surface area contributed by atoms with E-state index >= 15 is 0 Å². The molecule has 0 saturated carbocycles. The van der Waals surface area contributed by atoms with Crippen LogP contribution in [0.25, 0.3) is 0 Å². The van der Waals surface area contributed by atoms with E-state index in [1.54, 1.807) is 6.07 Å². The van der Waals surface area contributed by atoms with E-state index in [2.05, 4.69) is 15.6 Å². The van der Waals surface area contributed by atoms with Crippen LogP contribution in [-0.4, -0.2) is 22.8 Å². The summed E-state index contributed by atoms with van der Waals surface area (Å²) in [7, 11) is 0. The Kier molecular flexibility index (Phi) is 4.57. The lowest BCUT2D eigenvalue weighted by atomic mass is 9.91. The monoisotopic (exact) mass is 329 g/mol. The molecule has 118 valence electrons. The Morgan fingerprint density at radius 2 is 2.04 bits per heavy atom. The fraction of sp³-hybridized carbons (Fsp3) is 0.235. The average molecular weight is 330 g/mol. The van der Waals surface area contributed by atoms with Gasteiger partial charge in [0, 0.05) is 18.8 Å². The SMILES string of the molecule is O=C1CC[C@@H](NC(=O)c2ccncc2Cl)[C@H](c2ccccc2)N1. The summed E-state index contributed by atoms with van der Waals surface area (Å²) in [6.07, 6.45) is 3.93. The molecule has 0 spiro atoms. The number of pyridine rings is 1. The van der Waals surface area contributed by atoms with Gasteiger partial charge < -0.3 is 10.6 Å². The third-order valence-corrected chi connectivity index (χ3v) is 4.19. The van der Waals surface area contributed by atoms with Gasteiger partial charge >= 0.3 is 0 Å². The summed E-state index contributed by atoms with van der Waals surface area (Å²) in [5.74, 6) is -0.272. The van der Waals surface area contributed by atoms with Crippen LogP contribution in [0.4, 0.5) is 0 Å². The molecule has 0 aliphatic carbocycles. The molecule has 23 heavy (non-hydrogen) atoms. The van der Waals surface area contributed by atoms with Crippen molar-refractivity contribution in [2.45, 2.75) is 24.9 Å². The first kappa shape index (κ1) is 15.5. The molecule has 0 radical (unpaired) electrons. The normalized spacial score (nSPS) is 20.7. The quantitative estimate of drug-likeness (QED) is 0.908. The number of nitrogens with one attached hydrogen (secondary N) is 2. The van der Waals surface area contributed by atoms with Crippen molar-refractivity contribution >= 4 is 23.4 Å². The number of carbonyl (C=O) groups is 2. The molecular weight excluding hydrogens is 314 g/mol. The topological polar surface area (TPSA) is 71.1 Å². The number of amides is 2. The maximum atomic E-state index is 12.5. The van der Waals surface area contributed by atoms with Crippen molar-refractivity contribution in [2.24, 2.45) is 0 Å². The van der Waals surface area contributed by atoms with Gasteiger partial charge in [-0.2, -0.15) is 0 Å². The molecule has 2 atom stereocenters. The van der Waals surface area contributed by atoms with Gasteiger partial charge in [0.2, 0.25) is 5.91 Å². The van der Waals surface area contributed by atoms with Gasteiger partial charge in [-0.3, -0.25) is 14.6 Å². The van der Waals surface area contributed by atoms with Gasteiger partial charge in [0.05, 0.1) is 22.7 Å². The first-order valence-electron chi connectivity index (χ1n) is 7.40. The second-order valence-corrected chi connectivity index (χ2v) is 5.84. The van der Waals surface area contributed by atoms with Gasteiger partial charge in [-0.1, -0.05) is 41.9 Å². The highest BCUT2D eigenvalue weighted by Crippen LogP contribution is 2.25. The molecule has 1 aromatic heterocycles. The Hall–Kier alpha value is -2.40. The molecule has 1 aliphatic rings. The van der Waals surface area contributed by atoms with Crippen LogP contribution in [0.3, 0.4) is 0 Å². The standard InChI is InChI=1S/C17H16ClN3O2/c18-13-10-19-9-8-12(13)17(23)20-14-6-7-15(22)21-16(14)11-4-2-1-3-5-11/h1-5,8-10,14,16H,6-7H2,(H,20,23)(H,21,22)/t14-,16+/m1/s1. The van der Waals surface area contributed by atoms with Crippen molar-refractivity contribution in [3.05, 3.63) is 64.9 Å². The first-order chi connectivity index (χ1) is 11.1. The van der Waals surface area contributed by atoms with E-state index in [0.717, 1.165) is 5.56 Å². The van der Waals surface area contributed by atoms with Crippen molar-refractivity contribution in [3.63, 3.8) is 0 Å². The smallest absolute Gasteiger partial charge is 0.253 e. The third kappa shape index (κ3) is 3.51. The summed E-state index contributed by atoms with van der Waals surface area (Å²) in [5.41, 5.74) is 1.34.